The zero-order valence-electron chi connectivity index (χ0n) is 10.4. The van der Waals surface area contributed by atoms with Crippen LogP contribution >= 0.6 is 0 Å². The molecule has 2 aromatic carbocycles. The van der Waals surface area contributed by atoms with Gasteiger partial charge in [-0.2, -0.15) is 0 Å². The van der Waals surface area contributed by atoms with Gasteiger partial charge in [-0.3, -0.25) is 0 Å². The average Bonchev–Trinajstić information content (AvgIpc) is 2.47. The number of phenolic OH excluding ortho intramolecular Hbond substituents is 1. The summed E-state index contributed by atoms with van der Waals surface area (Å²) in [5.74, 6) is 0.619. The van der Waals surface area contributed by atoms with Crippen LogP contribution in [0.5, 0.6) is 5.75 Å². The second-order valence-corrected chi connectivity index (χ2v) is 4.04. The molecule has 0 atom stereocenters. The molecular weight excluding hydrogens is 297 g/mol. The molecular formula is C15H11N3NiO. The van der Waals surface area contributed by atoms with Gasteiger partial charge in [0.1, 0.15) is 11.4 Å². The first-order valence-electron chi connectivity index (χ1n) is 5.88. The largest absolute Gasteiger partial charge is 0.506 e. The van der Waals surface area contributed by atoms with Crippen molar-refractivity contribution in [1.82, 2.24) is 4.98 Å². The van der Waals surface area contributed by atoms with Gasteiger partial charge in [0.15, 0.2) is 5.82 Å². The van der Waals surface area contributed by atoms with Gasteiger partial charge in [-0.25, -0.2) is 4.98 Å². The smallest absolute Gasteiger partial charge is 0.174 e. The molecule has 0 saturated carbocycles. The molecule has 0 unspecified atom stereocenters. The van der Waals surface area contributed by atoms with Gasteiger partial charge < -0.3 is 5.11 Å². The minimum absolute atomic E-state index is 0. The standard InChI is InChI=1S/C15H11N3O.Ni/c19-13-9-8-11-5-1-2-6-12(11)15(13)18-17-14-7-3-4-10-16-14;/h1-10,19H;. The Morgan fingerprint density at radius 2 is 1.65 bits per heavy atom. The van der Waals surface area contributed by atoms with Crippen LogP contribution in [-0.2, 0) is 16.5 Å². The van der Waals surface area contributed by atoms with Gasteiger partial charge in [0.25, 0.3) is 0 Å². The van der Waals surface area contributed by atoms with Crippen LogP contribution in [0.4, 0.5) is 11.5 Å². The van der Waals surface area contributed by atoms with E-state index in [0.717, 1.165) is 10.8 Å². The van der Waals surface area contributed by atoms with Crippen molar-refractivity contribution >= 4 is 22.3 Å². The Balaban J connectivity index is 0.00000147. The first kappa shape index (κ1) is 14.2. The van der Waals surface area contributed by atoms with Gasteiger partial charge in [-0.1, -0.05) is 36.4 Å². The summed E-state index contributed by atoms with van der Waals surface area (Å²) >= 11 is 0. The van der Waals surface area contributed by atoms with Gasteiger partial charge >= 0.3 is 0 Å². The number of hydrogen-bond donors (Lipinski definition) is 1. The fourth-order valence-electron chi connectivity index (χ4n) is 1.86. The summed E-state index contributed by atoms with van der Waals surface area (Å²) in [5.41, 5.74) is 0.462. The third kappa shape index (κ3) is 2.84. The van der Waals surface area contributed by atoms with Gasteiger partial charge in [0, 0.05) is 28.1 Å². The van der Waals surface area contributed by atoms with E-state index in [-0.39, 0.29) is 22.2 Å². The van der Waals surface area contributed by atoms with E-state index in [1.165, 1.54) is 0 Å². The summed E-state index contributed by atoms with van der Waals surface area (Å²) in [4.78, 5) is 4.06. The van der Waals surface area contributed by atoms with Crippen LogP contribution in [0.2, 0.25) is 0 Å². The monoisotopic (exact) mass is 307 g/mol. The maximum atomic E-state index is 9.91. The third-order valence-corrected chi connectivity index (χ3v) is 2.78. The molecule has 0 radical (unpaired) electrons. The average molecular weight is 308 g/mol. The van der Waals surface area contributed by atoms with Crippen molar-refractivity contribution in [1.29, 1.82) is 0 Å². The van der Waals surface area contributed by atoms with Crippen molar-refractivity contribution in [3.63, 3.8) is 0 Å². The zero-order valence-corrected chi connectivity index (χ0v) is 11.4. The molecule has 1 heterocycles. The van der Waals surface area contributed by atoms with E-state index < -0.39 is 0 Å². The van der Waals surface area contributed by atoms with Crippen LogP contribution < -0.4 is 0 Å². The SMILES string of the molecule is Oc1ccc2ccccc2c1N=Nc1ccccn1.[Ni]. The first-order valence-corrected chi connectivity index (χ1v) is 5.88. The molecule has 3 rings (SSSR count). The van der Waals surface area contributed by atoms with E-state index in [9.17, 15) is 5.11 Å². The number of rotatable bonds is 2. The summed E-state index contributed by atoms with van der Waals surface area (Å²) in [5, 5.41) is 19.9. The van der Waals surface area contributed by atoms with Crippen molar-refractivity contribution in [2.24, 2.45) is 10.2 Å². The second kappa shape index (κ2) is 6.26. The van der Waals surface area contributed by atoms with Crippen LogP contribution in [0.25, 0.3) is 10.8 Å². The Kier molecular flexibility index (Phi) is 4.43. The Bertz CT molecular complexity index is 744. The summed E-state index contributed by atoms with van der Waals surface area (Å²) in [6.45, 7) is 0. The van der Waals surface area contributed by atoms with Crippen LogP contribution in [0.1, 0.15) is 0 Å². The normalized spacial score (nSPS) is 10.6. The molecule has 0 aliphatic rings. The maximum Gasteiger partial charge on any atom is 0.174 e. The van der Waals surface area contributed by atoms with Gasteiger partial charge in [0.05, 0.1) is 0 Å². The molecule has 5 heteroatoms. The molecule has 0 amide bonds. The summed E-state index contributed by atoms with van der Waals surface area (Å²) in [7, 11) is 0. The Labute approximate surface area is 126 Å². The molecule has 0 bridgehead atoms. The van der Waals surface area contributed by atoms with Crippen LogP contribution in [0.3, 0.4) is 0 Å². The Morgan fingerprint density at radius 1 is 0.850 bits per heavy atom. The molecule has 20 heavy (non-hydrogen) atoms. The number of phenols is 1. The van der Waals surface area contributed by atoms with Crippen LogP contribution in [-0.4, -0.2) is 10.1 Å². The second-order valence-electron chi connectivity index (χ2n) is 4.04. The molecule has 1 aromatic heterocycles. The van der Waals surface area contributed by atoms with E-state index in [1.54, 1.807) is 18.3 Å². The number of fused-ring (bicyclic) bond motifs is 1. The zero-order chi connectivity index (χ0) is 13.1. The Morgan fingerprint density at radius 3 is 2.45 bits per heavy atom. The molecule has 0 aliphatic carbocycles. The minimum Gasteiger partial charge on any atom is -0.506 e. The van der Waals surface area contributed by atoms with Crippen molar-refractivity contribution in [3.8, 4) is 5.75 Å². The third-order valence-electron chi connectivity index (χ3n) is 2.78. The maximum absolute atomic E-state index is 9.91. The summed E-state index contributed by atoms with van der Waals surface area (Å²) in [6, 6.07) is 16.6. The fourth-order valence-corrected chi connectivity index (χ4v) is 1.86. The van der Waals surface area contributed by atoms with E-state index in [1.807, 2.05) is 42.5 Å². The molecule has 1 N–H and O–H groups in total. The molecule has 102 valence electrons. The Hall–Kier alpha value is -2.26. The van der Waals surface area contributed by atoms with Crippen molar-refractivity contribution in [2.45, 2.75) is 0 Å². The minimum atomic E-state index is 0. The molecule has 0 saturated heterocycles. The van der Waals surface area contributed by atoms with Crippen molar-refractivity contribution in [2.75, 3.05) is 0 Å². The summed E-state index contributed by atoms with van der Waals surface area (Å²) < 4.78 is 0. The first-order chi connectivity index (χ1) is 9.34. The molecule has 4 nitrogen and oxygen atoms in total. The van der Waals surface area contributed by atoms with Crippen molar-refractivity contribution in [3.05, 3.63) is 60.8 Å². The number of nitrogens with zero attached hydrogens (tertiary/aromatic N) is 3. The number of benzene rings is 2. The predicted octanol–water partition coefficient (Wildman–Crippen LogP) is 4.35. The van der Waals surface area contributed by atoms with E-state index >= 15 is 0 Å². The van der Waals surface area contributed by atoms with E-state index in [4.69, 9.17) is 0 Å². The number of azo groups is 1. The number of aromatic hydroxyl groups is 1. The van der Waals surface area contributed by atoms with E-state index in [0.29, 0.717) is 11.5 Å². The molecule has 0 fully saturated rings. The van der Waals surface area contributed by atoms with Gasteiger partial charge in [0.2, 0.25) is 0 Å². The number of pyridine rings is 1. The predicted molar refractivity (Wildman–Crippen MR) is 74.0 cm³/mol. The molecule has 3 aromatic rings. The van der Waals surface area contributed by atoms with Crippen LogP contribution in [0, 0.1) is 0 Å². The van der Waals surface area contributed by atoms with Gasteiger partial charge in [-0.15, -0.1) is 10.2 Å². The molecule has 0 aliphatic heterocycles. The van der Waals surface area contributed by atoms with Crippen molar-refractivity contribution < 1.29 is 21.6 Å². The van der Waals surface area contributed by atoms with Gasteiger partial charge in [-0.05, 0) is 23.6 Å². The quantitative estimate of drug-likeness (QED) is 0.565. The fraction of sp³-hybridized carbons (Fsp3) is 0. The number of aromatic nitrogens is 1. The summed E-state index contributed by atoms with van der Waals surface area (Å²) in [6.07, 6.45) is 1.65. The van der Waals surface area contributed by atoms with Crippen LogP contribution in [0.15, 0.2) is 71.0 Å². The van der Waals surface area contributed by atoms with E-state index in [2.05, 4.69) is 15.2 Å². The molecule has 0 spiro atoms. The number of hydrogen-bond acceptors (Lipinski definition) is 4. The topological polar surface area (TPSA) is 57.8 Å².